The van der Waals surface area contributed by atoms with Crippen LogP contribution in [-0.2, 0) is 4.74 Å². The highest BCUT2D eigenvalue weighted by Crippen LogP contribution is 2.47. The van der Waals surface area contributed by atoms with E-state index in [4.69, 9.17) is 4.74 Å². The van der Waals surface area contributed by atoms with E-state index in [1.807, 2.05) is 0 Å². The predicted molar refractivity (Wildman–Crippen MR) is 76.8 cm³/mol. The van der Waals surface area contributed by atoms with Crippen molar-refractivity contribution < 1.29 is 4.74 Å². The molecule has 0 aromatic heterocycles. The molecule has 0 bridgehead atoms. The zero-order valence-corrected chi connectivity index (χ0v) is 12.2. The molecule has 0 spiro atoms. The van der Waals surface area contributed by atoms with Gasteiger partial charge in [-0.05, 0) is 37.0 Å². The van der Waals surface area contributed by atoms with Gasteiger partial charge in [-0.15, -0.1) is 0 Å². The monoisotopic (exact) mass is 263 g/mol. The second kappa shape index (κ2) is 5.37. The second-order valence-electron chi connectivity index (χ2n) is 7.51. The lowest BCUT2D eigenvalue weighted by Gasteiger charge is -2.39. The molecule has 2 heteroatoms. The molecule has 5 atom stereocenters. The van der Waals surface area contributed by atoms with Gasteiger partial charge in [0.1, 0.15) is 6.23 Å². The van der Waals surface area contributed by atoms with Crippen LogP contribution in [0.4, 0.5) is 0 Å². The molecule has 0 aromatic rings. The molecule has 108 valence electrons. The fraction of sp³-hybridized carbons (Fsp3) is 1.00. The molecule has 4 rings (SSSR count). The molecule has 2 heterocycles. The normalized spacial score (nSPS) is 47.7. The first kappa shape index (κ1) is 12.6. The van der Waals surface area contributed by atoms with E-state index in [-0.39, 0.29) is 0 Å². The van der Waals surface area contributed by atoms with Crippen molar-refractivity contribution in [3.8, 4) is 0 Å². The Kier molecular flexibility index (Phi) is 3.57. The smallest absolute Gasteiger partial charge is 0.111 e. The highest BCUT2D eigenvalue weighted by molar-refractivity contribution is 4.96. The van der Waals surface area contributed by atoms with E-state index < -0.39 is 0 Å². The van der Waals surface area contributed by atoms with Crippen LogP contribution < -0.4 is 5.32 Å². The summed E-state index contributed by atoms with van der Waals surface area (Å²) in [5, 5.41) is 3.76. The average Bonchev–Trinajstić information content (AvgIpc) is 2.86. The first-order valence-electron chi connectivity index (χ1n) is 8.80. The number of hydrogen-bond acceptors (Lipinski definition) is 2. The Morgan fingerprint density at radius 3 is 2.42 bits per heavy atom. The quantitative estimate of drug-likeness (QED) is 0.778. The van der Waals surface area contributed by atoms with Crippen LogP contribution in [0.5, 0.6) is 0 Å². The third-order valence-corrected chi connectivity index (χ3v) is 6.49. The molecule has 0 aromatic carbocycles. The maximum Gasteiger partial charge on any atom is 0.111 e. The second-order valence-corrected chi connectivity index (χ2v) is 7.51. The van der Waals surface area contributed by atoms with Gasteiger partial charge in [-0.1, -0.05) is 44.9 Å². The molecule has 2 aliphatic heterocycles. The summed E-state index contributed by atoms with van der Waals surface area (Å²) in [4.78, 5) is 0. The van der Waals surface area contributed by atoms with Crippen LogP contribution in [0.15, 0.2) is 0 Å². The summed E-state index contributed by atoms with van der Waals surface area (Å²) < 4.78 is 6.29. The van der Waals surface area contributed by atoms with Crippen LogP contribution >= 0.6 is 0 Å². The van der Waals surface area contributed by atoms with Crippen LogP contribution in [0.3, 0.4) is 0 Å². The van der Waals surface area contributed by atoms with Crippen LogP contribution in [0, 0.1) is 23.7 Å². The number of nitrogens with one attached hydrogen (secondary N) is 1. The van der Waals surface area contributed by atoms with Gasteiger partial charge in [-0.2, -0.15) is 0 Å². The minimum atomic E-state index is 0.410. The van der Waals surface area contributed by atoms with Gasteiger partial charge >= 0.3 is 0 Å². The van der Waals surface area contributed by atoms with Crippen molar-refractivity contribution >= 4 is 0 Å². The fourth-order valence-corrected chi connectivity index (χ4v) is 5.46. The molecule has 4 fully saturated rings. The summed E-state index contributed by atoms with van der Waals surface area (Å²) in [7, 11) is 0. The van der Waals surface area contributed by atoms with E-state index in [0.717, 1.165) is 23.7 Å². The van der Waals surface area contributed by atoms with Crippen molar-refractivity contribution in [1.29, 1.82) is 0 Å². The minimum absolute atomic E-state index is 0.410. The molecule has 2 aliphatic carbocycles. The summed E-state index contributed by atoms with van der Waals surface area (Å²) in [5.41, 5.74) is 0. The molecule has 2 saturated heterocycles. The maximum absolute atomic E-state index is 6.29. The third kappa shape index (κ3) is 2.35. The zero-order chi connectivity index (χ0) is 12.7. The number of piperidine rings is 1. The highest BCUT2D eigenvalue weighted by Gasteiger charge is 2.48. The summed E-state index contributed by atoms with van der Waals surface area (Å²) >= 11 is 0. The molecule has 2 nitrogen and oxygen atoms in total. The lowest BCUT2D eigenvalue weighted by molar-refractivity contribution is -0.0179. The Bertz CT molecular complexity index is 312. The van der Waals surface area contributed by atoms with Crippen molar-refractivity contribution in [2.24, 2.45) is 23.7 Å². The molecule has 4 aliphatic rings. The standard InChI is InChI=1S/C17H29NO/c1-2-6-12(7-3-1)13-10-15-14-8-4-5-9-16(14)19-17(15)18-11-13/h12-18H,1-11H2. The lowest BCUT2D eigenvalue weighted by atomic mass is 9.69. The SMILES string of the molecule is C1CCC(C2CNC3OC4CCCCC4C3C2)CC1. The first-order chi connectivity index (χ1) is 9.42. The van der Waals surface area contributed by atoms with Crippen LogP contribution in [0.2, 0.25) is 0 Å². The molecule has 2 saturated carbocycles. The van der Waals surface area contributed by atoms with E-state index in [1.54, 1.807) is 0 Å². The first-order valence-corrected chi connectivity index (χ1v) is 8.80. The van der Waals surface area contributed by atoms with Gasteiger partial charge in [0.25, 0.3) is 0 Å². The topological polar surface area (TPSA) is 21.3 Å². The van der Waals surface area contributed by atoms with E-state index in [9.17, 15) is 0 Å². The van der Waals surface area contributed by atoms with Gasteiger partial charge in [0.15, 0.2) is 0 Å². The maximum atomic E-state index is 6.29. The third-order valence-electron chi connectivity index (χ3n) is 6.49. The molecule has 0 amide bonds. The van der Waals surface area contributed by atoms with Crippen LogP contribution in [0.25, 0.3) is 0 Å². The van der Waals surface area contributed by atoms with Gasteiger partial charge < -0.3 is 4.74 Å². The summed E-state index contributed by atoms with van der Waals surface area (Å²) in [5.74, 6) is 3.69. The average molecular weight is 263 g/mol. The Balaban J connectivity index is 1.43. The largest absolute Gasteiger partial charge is 0.360 e. The van der Waals surface area contributed by atoms with Crippen LogP contribution in [-0.4, -0.2) is 18.9 Å². The van der Waals surface area contributed by atoms with Gasteiger partial charge in [-0.3, -0.25) is 5.32 Å². The number of fused-ring (bicyclic) bond motifs is 3. The zero-order valence-electron chi connectivity index (χ0n) is 12.2. The molecule has 19 heavy (non-hydrogen) atoms. The Morgan fingerprint density at radius 2 is 1.53 bits per heavy atom. The predicted octanol–water partition coefficient (Wildman–Crippen LogP) is 3.71. The number of rotatable bonds is 1. The minimum Gasteiger partial charge on any atom is -0.360 e. The van der Waals surface area contributed by atoms with Gasteiger partial charge in [0.05, 0.1) is 6.10 Å². The Hall–Kier alpha value is -0.0800. The van der Waals surface area contributed by atoms with Crippen molar-refractivity contribution in [1.82, 2.24) is 5.32 Å². The van der Waals surface area contributed by atoms with Crippen molar-refractivity contribution in [3.63, 3.8) is 0 Å². The fourth-order valence-electron chi connectivity index (χ4n) is 5.46. The number of ether oxygens (including phenoxy) is 1. The molecular formula is C17H29NO. The van der Waals surface area contributed by atoms with Crippen LogP contribution in [0.1, 0.15) is 64.2 Å². The van der Waals surface area contributed by atoms with Gasteiger partial charge in [-0.25, -0.2) is 0 Å². The van der Waals surface area contributed by atoms with E-state index >= 15 is 0 Å². The number of hydrogen-bond donors (Lipinski definition) is 1. The summed E-state index contributed by atoms with van der Waals surface area (Å²) in [6.45, 7) is 1.23. The highest BCUT2D eigenvalue weighted by atomic mass is 16.5. The molecule has 1 N–H and O–H groups in total. The van der Waals surface area contributed by atoms with E-state index in [2.05, 4.69) is 5.32 Å². The summed E-state index contributed by atoms with van der Waals surface area (Å²) in [6, 6.07) is 0. The molecular weight excluding hydrogens is 234 g/mol. The van der Waals surface area contributed by atoms with Gasteiger partial charge in [0, 0.05) is 12.5 Å². The molecule has 0 radical (unpaired) electrons. The summed E-state index contributed by atoms with van der Waals surface area (Å²) in [6.07, 6.45) is 15.5. The van der Waals surface area contributed by atoms with Gasteiger partial charge in [0.2, 0.25) is 0 Å². The lowest BCUT2D eigenvalue weighted by Crippen LogP contribution is -2.47. The van der Waals surface area contributed by atoms with Crippen molar-refractivity contribution in [3.05, 3.63) is 0 Å². The Labute approximate surface area is 117 Å². The van der Waals surface area contributed by atoms with E-state index in [1.165, 1.54) is 70.8 Å². The Morgan fingerprint density at radius 1 is 0.737 bits per heavy atom. The van der Waals surface area contributed by atoms with E-state index in [0.29, 0.717) is 12.3 Å². The van der Waals surface area contributed by atoms with Crippen molar-refractivity contribution in [2.45, 2.75) is 76.5 Å². The molecule has 5 unspecified atom stereocenters. The van der Waals surface area contributed by atoms with Crippen molar-refractivity contribution in [2.75, 3.05) is 6.54 Å².